The second-order valence-corrected chi connectivity index (χ2v) is 24.8. The van der Waals surface area contributed by atoms with E-state index in [9.17, 15) is 4.79 Å². The van der Waals surface area contributed by atoms with Crippen LogP contribution in [-0.2, 0) is 0 Å². The van der Waals surface area contributed by atoms with Crippen LogP contribution in [0, 0.1) is 0 Å². The fraction of sp³-hybridized carbons (Fsp3) is 0. The number of para-hydroxylation sites is 5. The highest BCUT2D eigenvalue weighted by Crippen LogP contribution is 2.56. The summed E-state index contributed by atoms with van der Waals surface area (Å²) in [6.45, 7) is 0. The van der Waals surface area contributed by atoms with Crippen LogP contribution < -0.4 is 29.4 Å². The van der Waals surface area contributed by atoms with E-state index in [1.165, 1.54) is 0 Å². The zero-order valence-corrected chi connectivity index (χ0v) is 47.5. The van der Waals surface area contributed by atoms with Gasteiger partial charge in [-0.05, 0) is 158 Å². The Bertz CT molecular complexity index is 3990. The zero-order valence-electron chi connectivity index (χ0n) is 42.6. The number of hydrogen-bond donors (Lipinski definition) is 0. The van der Waals surface area contributed by atoms with Gasteiger partial charge >= 0.3 is 0 Å². The number of carbonyl (C=O) groups is 1. The molecule has 0 N–H and O–H groups in total. The average Bonchev–Trinajstić information content (AvgIpc) is 4.43. The van der Waals surface area contributed by atoms with Gasteiger partial charge in [-0.1, -0.05) is 189 Å². The Labute approximate surface area is 488 Å². The molecule has 6 aromatic heterocycles. The van der Waals surface area contributed by atoms with E-state index in [0.29, 0.717) is 11.1 Å². The predicted molar refractivity (Wildman–Crippen MR) is 345 cm³/mol. The number of benzene rings is 7. The molecule has 0 saturated heterocycles. The van der Waals surface area contributed by atoms with Crippen LogP contribution in [0.4, 0.5) is 94.1 Å². The van der Waals surface area contributed by atoms with Crippen LogP contribution >= 0.6 is 68.0 Å². The molecule has 0 fully saturated rings. The molecule has 1 aliphatic rings. The SMILES string of the molecule is O=C(c1ccccc1)c1ccc(N2c3ccc(s3)N(c3ccccc3)c3ccc(s3)N(c3ccccc3)c3ccc(s3)N(c3ccccc3)c3ccc(s3)N(c3ccccc3)c3ccc(s3)N(c3ccccc3)c3ccc2s3)cc1. The van der Waals surface area contributed by atoms with Crippen molar-refractivity contribution in [2.45, 2.75) is 0 Å². The molecule has 13 heteroatoms. The number of hydrogen-bond acceptors (Lipinski definition) is 13. The molecule has 0 saturated carbocycles. The van der Waals surface area contributed by atoms with Gasteiger partial charge in [0.05, 0.1) is 0 Å². The topological polar surface area (TPSA) is 36.5 Å². The minimum absolute atomic E-state index is 0.00909. The molecule has 7 aromatic carbocycles. The molecule has 7 heterocycles. The van der Waals surface area contributed by atoms with Gasteiger partial charge in [0.25, 0.3) is 0 Å². The number of carbonyl (C=O) groups excluding carboxylic acids is 1. The van der Waals surface area contributed by atoms with Crippen LogP contribution in [0.1, 0.15) is 15.9 Å². The second kappa shape index (κ2) is 21.8. The van der Waals surface area contributed by atoms with E-state index in [1.807, 2.05) is 42.5 Å². The molecule has 14 rings (SSSR count). The molecular formula is C67H46N6OS6. The molecular weight excluding hydrogens is 1100 g/mol. The Kier molecular flexibility index (Phi) is 13.5. The fourth-order valence-corrected chi connectivity index (χ4v) is 16.7. The Balaban J connectivity index is 0.973. The standard InChI is InChI=1S/C67H46N6OS6/c74-67(47-19-7-1-8-20-47)48-31-33-54(34-32-48)73-65-45-43-63(79-65)71(52-27-15-5-16-28-52)61-41-39-59(77-61)69(50-23-11-3-12-24-50)57-37-35-55(75-57)68(49-21-9-2-10-22-49)56-36-38-58(76-56)70(51-25-13-4-14-26-51)60-40-42-62(78-60)72(53-29-17-6-18-30-53)64-44-46-66(73)80-64/h1-46H. The lowest BCUT2D eigenvalue weighted by atomic mass is 10.0. The van der Waals surface area contributed by atoms with Crippen LogP contribution in [-0.4, -0.2) is 5.78 Å². The summed E-state index contributed by atoms with van der Waals surface area (Å²) in [5.41, 5.74) is 7.60. The molecule has 0 atom stereocenters. The summed E-state index contributed by atoms with van der Waals surface area (Å²) in [6.07, 6.45) is 0. The van der Waals surface area contributed by atoms with Crippen LogP contribution in [0.5, 0.6) is 0 Å². The van der Waals surface area contributed by atoms with Gasteiger partial charge in [-0.2, -0.15) is 0 Å². The molecule has 0 aliphatic carbocycles. The van der Waals surface area contributed by atoms with Gasteiger partial charge < -0.3 is 0 Å². The first-order valence-electron chi connectivity index (χ1n) is 25.9. The van der Waals surface area contributed by atoms with Gasteiger partial charge in [0.2, 0.25) is 0 Å². The van der Waals surface area contributed by atoms with Crippen molar-refractivity contribution in [1.82, 2.24) is 0 Å². The summed E-state index contributed by atoms with van der Waals surface area (Å²) in [5, 5.41) is 12.9. The van der Waals surface area contributed by atoms with Gasteiger partial charge in [0, 0.05) is 45.3 Å². The highest BCUT2D eigenvalue weighted by atomic mass is 32.1. The molecule has 0 spiro atoms. The van der Waals surface area contributed by atoms with Gasteiger partial charge in [-0.3, -0.25) is 34.2 Å². The molecule has 13 aromatic rings. The lowest BCUT2D eigenvalue weighted by Crippen LogP contribution is -2.09. The van der Waals surface area contributed by atoms with Gasteiger partial charge in [0.1, 0.15) is 60.0 Å². The van der Waals surface area contributed by atoms with Crippen molar-refractivity contribution in [1.29, 1.82) is 0 Å². The number of rotatable bonds is 8. The van der Waals surface area contributed by atoms with Crippen LogP contribution in [0.15, 0.2) is 279 Å². The summed E-state index contributed by atoms with van der Waals surface area (Å²) in [5.74, 6) is -0.00909. The first-order chi connectivity index (χ1) is 39.6. The molecule has 1 aliphatic heterocycles. The van der Waals surface area contributed by atoms with Crippen LogP contribution in [0.25, 0.3) is 0 Å². The molecule has 7 nitrogen and oxygen atoms in total. The van der Waals surface area contributed by atoms with E-state index < -0.39 is 0 Å². The first-order valence-corrected chi connectivity index (χ1v) is 30.8. The van der Waals surface area contributed by atoms with E-state index in [2.05, 4.69) is 266 Å². The number of ketones is 1. The van der Waals surface area contributed by atoms with Crippen LogP contribution in [0.3, 0.4) is 0 Å². The number of nitrogens with zero attached hydrogens (tertiary/aromatic N) is 6. The third-order valence-corrected chi connectivity index (χ3v) is 19.9. The minimum atomic E-state index is -0.00909. The number of anilines is 18. The van der Waals surface area contributed by atoms with Crippen molar-refractivity contribution in [3.63, 3.8) is 0 Å². The number of thiophene rings is 6. The quantitative estimate of drug-likeness (QED) is 0.140. The van der Waals surface area contributed by atoms with E-state index in [1.54, 1.807) is 68.0 Å². The van der Waals surface area contributed by atoms with E-state index >= 15 is 0 Å². The van der Waals surface area contributed by atoms with Crippen molar-refractivity contribution in [2.75, 3.05) is 29.4 Å². The maximum absolute atomic E-state index is 13.8. The molecule has 12 bridgehead atoms. The molecule has 0 radical (unpaired) electrons. The lowest BCUT2D eigenvalue weighted by molar-refractivity contribution is 0.103. The zero-order chi connectivity index (χ0) is 53.4. The maximum atomic E-state index is 13.8. The van der Waals surface area contributed by atoms with Crippen LogP contribution in [0.2, 0.25) is 0 Å². The largest absolute Gasteiger partial charge is 0.293 e. The van der Waals surface area contributed by atoms with Crippen molar-refractivity contribution in [3.8, 4) is 0 Å². The number of fused-ring (bicyclic) bond motifs is 12. The predicted octanol–water partition coefficient (Wildman–Crippen LogP) is 22.4. The second-order valence-electron chi connectivity index (χ2n) is 18.6. The van der Waals surface area contributed by atoms with Gasteiger partial charge in [-0.25, -0.2) is 0 Å². The van der Waals surface area contributed by atoms with E-state index in [0.717, 1.165) is 94.1 Å². The van der Waals surface area contributed by atoms with Gasteiger partial charge in [0.15, 0.2) is 5.78 Å². The Hall–Kier alpha value is -8.79. The summed E-state index contributed by atoms with van der Waals surface area (Å²) < 4.78 is 0. The Morgan fingerprint density at radius 1 is 0.188 bits per heavy atom. The first kappa shape index (κ1) is 49.5. The third-order valence-electron chi connectivity index (χ3n) is 13.6. The van der Waals surface area contributed by atoms with Crippen molar-refractivity contribution < 1.29 is 4.79 Å². The molecule has 0 amide bonds. The lowest BCUT2D eigenvalue weighted by Gasteiger charge is -2.25. The minimum Gasteiger partial charge on any atom is -0.293 e. The van der Waals surface area contributed by atoms with Crippen molar-refractivity contribution >= 4 is 168 Å². The fourth-order valence-electron chi connectivity index (χ4n) is 9.93. The molecule has 386 valence electrons. The normalized spacial score (nSPS) is 12.7. The highest BCUT2D eigenvalue weighted by molar-refractivity contribution is 7.25. The van der Waals surface area contributed by atoms with E-state index in [4.69, 9.17) is 0 Å². The van der Waals surface area contributed by atoms with Crippen molar-refractivity contribution in [2.24, 2.45) is 0 Å². The van der Waals surface area contributed by atoms with E-state index in [-0.39, 0.29) is 5.78 Å². The summed E-state index contributed by atoms with van der Waals surface area (Å²) in [4.78, 5) is 28.1. The summed E-state index contributed by atoms with van der Waals surface area (Å²) >= 11 is 10.5. The molecule has 80 heavy (non-hydrogen) atoms. The molecule has 0 unspecified atom stereocenters. The average molecular weight is 1140 g/mol. The Morgan fingerprint density at radius 2 is 0.350 bits per heavy atom. The highest BCUT2D eigenvalue weighted by Gasteiger charge is 2.28. The summed E-state index contributed by atoms with van der Waals surface area (Å²) in [6, 6.07) is 97.9. The maximum Gasteiger partial charge on any atom is 0.193 e. The third kappa shape index (κ3) is 9.59. The van der Waals surface area contributed by atoms with Gasteiger partial charge in [-0.15, -0.1) is 0 Å². The monoisotopic (exact) mass is 1140 g/mol. The summed E-state index contributed by atoms with van der Waals surface area (Å²) in [7, 11) is 0. The smallest absolute Gasteiger partial charge is 0.193 e. The van der Waals surface area contributed by atoms with Crippen molar-refractivity contribution in [3.05, 3.63) is 290 Å². The Morgan fingerprint density at radius 3 is 0.550 bits per heavy atom.